The van der Waals surface area contributed by atoms with E-state index < -0.39 is 28.4 Å². The Hall–Kier alpha value is -3.43. The molecule has 9 nitrogen and oxygen atoms in total. The molecule has 31 heavy (non-hydrogen) atoms. The van der Waals surface area contributed by atoms with Crippen molar-refractivity contribution in [2.45, 2.75) is 6.04 Å². The maximum atomic E-state index is 12.9. The number of nitro groups is 1. The minimum atomic E-state index is -1.07. The molecule has 1 aliphatic heterocycles. The third-order valence-electron chi connectivity index (χ3n) is 4.94. The molecule has 1 atom stereocenters. The molecule has 10 heteroatoms. The predicted octanol–water partition coefficient (Wildman–Crippen LogP) is 2.94. The molecule has 1 heterocycles. The number of hydrogen-bond acceptors (Lipinski definition) is 7. The molecule has 0 aromatic heterocycles. The number of ketones is 1. The quantitative estimate of drug-likeness (QED) is 0.230. The number of phenols is 1. The number of hydrogen-bond donors (Lipinski definition) is 2. The topological polar surface area (TPSA) is 124 Å². The number of aliphatic hydroxyl groups excluding tert-OH is 1. The summed E-state index contributed by atoms with van der Waals surface area (Å²) in [6, 6.07) is 8.38. The largest absolute Gasteiger partial charge is 0.507 e. The molecule has 0 radical (unpaired) electrons. The fourth-order valence-electron chi connectivity index (χ4n) is 3.42. The van der Waals surface area contributed by atoms with Gasteiger partial charge in [-0.05, 0) is 37.9 Å². The number of likely N-dealkylation sites (tertiary alicyclic amines) is 1. The minimum absolute atomic E-state index is 0.117. The number of rotatable bonds is 6. The molecule has 3 rings (SSSR count). The zero-order valence-electron chi connectivity index (χ0n) is 16.8. The SMILES string of the molecule is CN(C)CCN1C(=O)C(=O)C(=C(O)c2cc(Cl)ccc2O)[C@@H]1c1cccc([N+](=O)[O-])c1. The lowest BCUT2D eigenvalue weighted by atomic mass is 9.94. The molecule has 1 fully saturated rings. The normalized spacial score (nSPS) is 18.1. The Balaban J connectivity index is 2.23. The predicted molar refractivity (Wildman–Crippen MR) is 114 cm³/mol. The second kappa shape index (κ2) is 8.75. The Morgan fingerprint density at radius 2 is 1.94 bits per heavy atom. The van der Waals surface area contributed by atoms with Gasteiger partial charge in [-0.25, -0.2) is 0 Å². The van der Waals surface area contributed by atoms with Gasteiger partial charge in [0.05, 0.1) is 22.1 Å². The van der Waals surface area contributed by atoms with E-state index in [2.05, 4.69) is 0 Å². The number of aliphatic hydroxyl groups is 1. The first kappa shape index (κ1) is 22.3. The van der Waals surface area contributed by atoms with E-state index >= 15 is 0 Å². The number of nitro benzene ring substituents is 1. The molecule has 0 aliphatic carbocycles. The summed E-state index contributed by atoms with van der Waals surface area (Å²) in [5.74, 6) is -2.74. The number of non-ortho nitro benzene ring substituents is 1. The van der Waals surface area contributed by atoms with Gasteiger partial charge in [-0.3, -0.25) is 19.7 Å². The van der Waals surface area contributed by atoms with Gasteiger partial charge in [-0.1, -0.05) is 23.7 Å². The first-order chi connectivity index (χ1) is 14.6. The van der Waals surface area contributed by atoms with Crippen LogP contribution in [0.3, 0.4) is 0 Å². The standard InChI is InChI=1S/C21H20ClN3O6/c1-23(2)8-9-24-18(12-4-3-5-14(10-12)25(30)31)17(20(28)21(24)29)19(27)15-11-13(22)6-7-16(15)26/h3-7,10-11,18,26-27H,8-9H2,1-2H3/t18-/m0/s1. The summed E-state index contributed by atoms with van der Waals surface area (Å²) >= 11 is 5.97. The van der Waals surface area contributed by atoms with Crippen molar-refractivity contribution in [3.8, 4) is 5.75 Å². The van der Waals surface area contributed by atoms with Crippen molar-refractivity contribution in [3.63, 3.8) is 0 Å². The number of Topliss-reactive ketones (excluding diaryl/α,β-unsaturated/α-hetero) is 1. The van der Waals surface area contributed by atoms with Gasteiger partial charge in [0, 0.05) is 30.2 Å². The van der Waals surface area contributed by atoms with Crippen LogP contribution in [-0.4, -0.2) is 63.8 Å². The van der Waals surface area contributed by atoms with Crippen molar-refractivity contribution in [2.75, 3.05) is 27.2 Å². The van der Waals surface area contributed by atoms with Gasteiger partial charge in [0.25, 0.3) is 17.4 Å². The first-order valence-corrected chi connectivity index (χ1v) is 9.66. The summed E-state index contributed by atoms with van der Waals surface area (Å²) in [6.45, 7) is 0.560. The third-order valence-corrected chi connectivity index (χ3v) is 5.17. The van der Waals surface area contributed by atoms with E-state index in [0.29, 0.717) is 6.54 Å². The zero-order valence-corrected chi connectivity index (χ0v) is 17.5. The highest BCUT2D eigenvalue weighted by molar-refractivity contribution is 6.46. The van der Waals surface area contributed by atoms with Crippen LogP contribution in [0.4, 0.5) is 5.69 Å². The summed E-state index contributed by atoms with van der Waals surface area (Å²) in [5, 5.41) is 32.6. The molecule has 1 amide bonds. The third kappa shape index (κ3) is 4.37. The smallest absolute Gasteiger partial charge is 0.295 e. The summed E-state index contributed by atoms with van der Waals surface area (Å²) in [6.07, 6.45) is 0. The summed E-state index contributed by atoms with van der Waals surface area (Å²) in [5.41, 5.74) is -0.327. The molecule has 162 valence electrons. The van der Waals surface area contributed by atoms with E-state index in [1.165, 1.54) is 47.4 Å². The van der Waals surface area contributed by atoms with Crippen molar-refractivity contribution in [2.24, 2.45) is 0 Å². The van der Waals surface area contributed by atoms with E-state index in [-0.39, 0.29) is 39.7 Å². The van der Waals surface area contributed by atoms with Crippen molar-refractivity contribution < 1.29 is 24.7 Å². The van der Waals surface area contributed by atoms with Gasteiger partial charge in [-0.15, -0.1) is 0 Å². The van der Waals surface area contributed by atoms with E-state index in [0.717, 1.165) is 0 Å². The first-order valence-electron chi connectivity index (χ1n) is 9.28. The Labute approximate surface area is 182 Å². The highest BCUT2D eigenvalue weighted by Crippen LogP contribution is 2.41. The molecule has 2 aromatic rings. The van der Waals surface area contributed by atoms with E-state index in [1.807, 2.05) is 4.90 Å². The Morgan fingerprint density at radius 3 is 2.58 bits per heavy atom. The highest BCUT2D eigenvalue weighted by Gasteiger charge is 2.46. The lowest BCUT2D eigenvalue weighted by Gasteiger charge is -2.26. The maximum Gasteiger partial charge on any atom is 0.295 e. The van der Waals surface area contributed by atoms with Gasteiger partial charge < -0.3 is 20.0 Å². The van der Waals surface area contributed by atoms with E-state index in [9.17, 15) is 29.9 Å². The van der Waals surface area contributed by atoms with Crippen molar-refractivity contribution >= 4 is 34.7 Å². The molecule has 2 aromatic carbocycles. The molecule has 0 bridgehead atoms. The van der Waals surface area contributed by atoms with Crippen LogP contribution in [0.25, 0.3) is 5.76 Å². The second-order valence-electron chi connectivity index (χ2n) is 7.31. The van der Waals surface area contributed by atoms with E-state index in [1.54, 1.807) is 14.1 Å². The Kier molecular flexibility index (Phi) is 6.28. The molecule has 2 N–H and O–H groups in total. The molecule has 1 aliphatic rings. The maximum absolute atomic E-state index is 12.9. The van der Waals surface area contributed by atoms with Crippen LogP contribution in [-0.2, 0) is 9.59 Å². The average molecular weight is 446 g/mol. The van der Waals surface area contributed by atoms with Gasteiger partial charge in [0.15, 0.2) is 0 Å². The molecule has 0 unspecified atom stereocenters. The van der Waals surface area contributed by atoms with Crippen molar-refractivity contribution in [1.82, 2.24) is 9.80 Å². The highest BCUT2D eigenvalue weighted by atomic mass is 35.5. The number of amides is 1. The van der Waals surface area contributed by atoms with Crippen LogP contribution in [0.1, 0.15) is 17.2 Å². The number of likely N-dealkylation sites (N-methyl/N-ethyl adjacent to an activating group) is 1. The number of phenolic OH excluding ortho intramolecular Hbond substituents is 1. The molecular weight excluding hydrogens is 426 g/mol. The lowest BCUT2D eigenvalue weighted by Crippen LogP contribution is -2.35. The van der Waals surface area contributed by atoms with Crippen LogP contribution in [0, 0.1) is 10.1 Å². The number of nitrogens with zero attached hydrogens (tertiary/aromatic N) is 3. The summed E-state index contributed by atoms with van der Waals surface area (Å²) in [4.78, 5) is 39.5. The molecule has 0 saturated carbocycles. The molecule has 1 saturated heterocycles. The minimum Gasteiger partial charge on any atom is -0.507 e. The number of halogens is 1. The fourth-order valence-corrected chi connectivity index (χ4v) is 3.59. The van der Waals surface area contributed by atoms with Gasteiger partial charge in [0.2, 0.25) is 0 Å². The van der Waals surface area contributed by atoms with Crippen molar-refractivity contribution in [3.05, 3.63) is 74.3 Å². The van der Waals surface area contributed by atoms with Crippen LogP contribution in [0.2, 0.25) is 5.02 Å². The van der Waals surface area contributed by atoms with Gasteiger partial charge >= 0.3 is 0 Å². The Morgan fingerprint density at radius 1 is 1.23 bits per heavy atom. The number of carbonyl (C=O) groups is 2. The van der Waals surface area contributed by atoms with E-state index in [4.69, 9.17) is 11.6 Å². The Bertz CT molecular complexity index is 1100. The van der Waals surface area contributed by atoms with Crippen LogP contribution >= 0.6 is 11.6 Å². The van der Waals surface area contributed by atoms with Gasteiger partial charge in [-0.2, -0.15) is 0 Å². The number of benzene rings is 2. The fraction of sp³-hybridized carbons (Fsp3) is 0.238. The molecule has 0 spiro atoms. The van der Waals surface area contributed by atoms with Crippen LogP contribution in [0.5, 0.6) is 5.75 Å². The number of carbonyl (C=O) groups excluding carboxylic acids is 2. The monoisotopic (exact) mass is 445 g/mol. The van der Waals surface area contributed by atoms with Gasteiger partial charge in [0.1, 0.15) is 11.5 Å². The molecular formula is C21H20ClN3O6. The summed E-state index contributed by atoms with van der Waals surface area (Å²) < 4.78 is 0. The number of aromatic hydroxyl groups is 1. The lowest BCUT2D eigenvalue weighted by molar-refractivity contribution is -0.384. The average Bonchev–Trinajstić information content (AvgIpc) is 2.98. The second-order valence-corrected chi connectivity index (χ2v) is 7.75. The van der Waals surface area contributed by atoms with Crippen LogP contribution < -0.4 is 0 Å². The van der Waals surface area contributed by atoms with Crippen LogP contribution in [0.15, 0.2) is 48.0 Å². The summed E-state index contributed by atoms with van der Waals surface area (Å²) in [7, 11) is 3.59. The zero-order chi connectivity index (χ0) is 22.9. The van der Waals surface area contributed by atoms with Crippen molar-refractivity contribution in [1.29, 1.82) is 0 Å².